The zero-order valence-electron chi connectivity index (χ0n) is 19.9. The highest BCUT2D eigenvalue weighted by molar-refractivity contribution is 6.09. The standard InChI is InChI=1S/C27H38N2O3/c1-18(2)29-24(30)27(28-25(29)31)23-16-20(15-19-7-5-4-6-8-19)9-10-21(23)17-26(27)13-11-22(32-3)12-14-26/h9-10,16,18-19,22H,4-8,11-15,17H2,1-3H3,(H,28,31)/t22-,26-,27?. The molecule has 2 spiro atoms. The molecule has 0 radical (unpaired) electrons. The fraction of sp³-hybridized carbons (Fsp3) is 0.704. The number of rotatable bonds is 4. The van der Waals surface area contributed by atoms with Crippen LogP contribution >= 0.6 is 0 Å². The third-order valence-corrected chi connectivity index (χ3v) is 8.94. The largest absolute Gasteiger partial charge is 0.381 e. The molecule has 5 rings (SSSR count). The minimum atomic E-state index is -0.926. The van der Waals surface area contributed by atoms with E-state index in [-0.39, 0.29) is 29.5 Å². The first-order chi connectivity index (χ1) is 15.4. The summed E-state index contributed by atoms with van der Waals surface area (Å²) < 4.78 is 5.65. The number of nitrogens with one attached hydrogen (secondary N) is 1. The second-order valence-corrected chi connectivity index (χ2v) is 11.0. The number of carbonyl (C=O) groups excluding carboxylic acids is 2. The first-order valence-corrected chi connectivity index (χ1v) is 12.7. The monoisotopic (exact) mass is 438 g/mol. The molecule has 3 fully saturated rings. The van der Waals surface area contributed by atoms with Gasteiger partial charge in [0.1, 0.15) is 0 Å². The second-order valence-electron chi connectivity index (χ2n) is 11.0. The number of ether oxygens (including phenoxy) is 1. The SMILES string of the molecule is CO[C@H]1CC[C@]2(CC1)Cc1ccc(CC3CCCCC3)cc1C21NC(=O)N(C(C)C)C1=O. The maximum Gasteiger partial charge on any atom is 0.325 e. The molecule has 5 heteroatoms. The van der Waals surface area contributed by atoms with Crippen molar-refractivity contribution in [2.24, 2.45) is 11.3 Å². The van der Waals surface area contributed by atoms with Gasteiger partial charge in [0, 0.05) is 18.6 Å². The summed E-state index contributed by atoms with van der Waals surface area (Å²) in [6.07, 6.45) is 12.5. The van der Waals surface area contributed by atoms with Gasteiger partial charge in [-0.05, 0) is 75.0 Å². The number of hydrogen-bond donors (Lipinski definition) is 1. The van der Waals surface area contributed by atoms with Gasteiger partial charge in [-0.15, -0.1) is 0 Å². The van der Waals surface area contributed by atoms with E-state index in [1.54, 1.807) is 7.11 Å². The maximum absolute atomic E-state index is 14.1. The van der Waals surface area contributed by atoms with Crippen LogP contribution in [0, 0.1) is 11.3 Å². The first-order valence-electron chi connectivity index (χ1n) is 12.7. The molecule has 1 aliphatic heterocycles. The normalized spacial score (nSPS) is 32.9. The van der Waals surface area contributed by atoms with Gasteiger partial charge < -0.3 is 10.1 Å². The summed E-state index contributed by atoms with van der Waals surface area (Å²) in [6.45, 7) is 3.86. The summed E-state index contributed by atoms with van der Waals surface area (Å²) >= 11 is 0. The minimum Gasteiger partial charge on any atom is -0.381 e. The van der Waals surface area contributed by atoms with Crippen LogP contribution in [0.4, 0.5) is 4.79 Å². The van der Waals surface area contributed by atoms with E-state index in [4.69, 9.17) is 4.74 Å². The number of urea groups is 1. The number of fused-ring (bicyclic) bond motifs is 3. The van der Waals surface area contributed by atoms with Crippen LogP contribution in [0.5, 0.6) is 0 Å². The average molecular weight is 439 g/mol. The summed E-state index contributed by atoms with van der Waals surface area (Å²) in [7, 11) is 1.78. The van der Waals surface area contributed by atoms with Gasteiger partial charge in [-0.25, -0.2) is 4.79 Å². The summed E-state index contributed by atoms with van der Waals surface area (Å²) in [5.74, 6) is 0.702. The molecule has 0 bridgehead atoms. The lowest BCUT2D eigenvalue weighted by Crippen LogP contribution is -2.57. The molecule has 2 saturated carbocycles. The smallest absolute Gasteiger partial charge is 0.325 e. The molecule has 1 atom stereocenters. The van der Waals surface area contributed by atoms with E-state index in [0.29, 0.717) is 0 Å². The summed E-state index contributed by atoms with van der Waals surface area (Å²) in [5, 5.41) is 3.29. The van der Waals surface area contributed by atoms with E-state index < -0.39 is 5.54 Å². The van der Waals surface area contributed by atoms with Crippen LogP contribution in [-0.2, 0) is 27.9 Å². The molecule has 1 unspecified atom stereocenters. The fourth-order valence-electron chi connectivity index (χ4n) is 7.25. The van der Waals surface area contributed by atoms with E-state index in [9.17, 15) is 9.59 Å². The first kappa shape index (κ1) is 21.9. The predicted molar refractivity (Wildman–Crippen MR) is 124 cm³/mol. The summed E-state index contributed by atoms with van der Waals surface area (Å²) in [6, 6.07) is 6.43. The highest BCUT2D eigenvalue weighted by Gasteiger charge is 2.68. The van der Waals surface area contributed by atoms with Crippen molar-refractivity contribution in [3.8, 4) is 0 Å². The van der Waals surface area contributed by atoms with E-state index in [1.165, 1.54) is 48.1 Å². The van der Waals surface area contributed by atoms with Gasteiger partial charge in [0.2, 0.25) is 0 Å². The molecule has 32 heavy (non-hydrogen) atoms. The number of nitrogens with zero attached hydrogens (tertiary/aromatic N) is 1. The molecule has 1 heterocycles. The van der Waals surface area contributed by atoms with E-state index in [0.717, 1.165) is 50.0 Å². The molecule has 1 aromatic rings. The van der Waals surface area contributed by atoms with E-state index in [1.807, 2.05) is 13.8 Å². The number of imide groups is 1. The second kappa shape index (κ2) is 8.16. The Labute approximate surface area is 192 Å². The molecule has 3 amide bonds. The van der Waals surface area contributed by atoms with Crippen LogP contribution < -0.4 is 5.32 Å². The molecule has 174 valence electrons. The number of benzene rings is 1. The van der Waals surface area contributed by atoms with Gasteiger partial charge in [-0.3, -0.25) is 9.69 Å². The molecule has 3 aliphatic carbocycles. The number of methoxy groups -OCH3 is 1. The summed E-state index contributed by atoms with van der Waals surface area (Å²) in [5.41, 5.74) is 2.45. The van der Waals surface area contributed by atoms with Crippen LogP contribution in [0.3, 0.4) is 0 Å². The molecular formula is C27H38N2O3. The Bertz CT molecular complexity index is 896. The van der Waals surface area contributed by atoms with Crippen LogP contribution in [0.25, 0.3) is 0 Å². The van der Waals surface area contributed by atoms with Gasteiger partial charge in [0.05, 0.1) is 6.10 Å². The van der Waals surface area contributed by atoms with Crippen molar-refractivity contribution in [2.45, 2.75) is 102 Å². The van der Waals surface area contributed by atoms with Crippen molar-refractivity contribution in [3.63, 3.8) is 0 Å². The Morgan fingerprint density at radius 2 is 1.81 bits per heavy atom. The van der Waals surface area contributed by atoms with Crippen molar-refractivity contribution in [2.75, 3.05) is 7.11 Å². The molecule has 1 saturated heterocycles. The zero-order valence-corrected chi connectivity index (χ0v) is 19.9. The highest BCUT2D eigenvalue weighted by atomic mass is 16.5. The Balaban J connectivity index is 1.56. The Hall–Kier alpha value is -1.88. The van der Waals surface area contributed by atoms with Crippen molar-refractivity contribution in [3.05, 3.63) is 34.9 Å². The molecule has 4 aliphatic rings. The zero-order chi connectivity index (χ0) is 22.5. The van der Waals surface area contributed by atoms with Crippen molar-refractivity contribution in [1.29, 1.82) is 0 Å². The Morgan fingerprint density at radius 3 is 2.44 bits per heavy atom. The van der Waals surface area contributed by atoms with Gasteiger partial charge in [0.15, 0.2) is 5.54 Å². The maximum atomic E-state index is 14.1. The average Bonchev–Trinajstić information content (AvgIpc) is 3.21. The van der Waals surface area contributed by atoms with Crippen molar-refractivity contribution < 1.29 is 14.3 Å². The number of amides is 3. The Morgan fingerprint density at radius 1 is 1.09 bits per heavy atom. The molecule has 1 N–H and O–H groups in total. The highest BCUT2D eigenvalue weighted by Crippen LogP contribution is 2.60. The van der Waals surface area contributed by atoms with Crippen LogP contribution in [0.15, 0.2) is 18.2 Å². The third kappa shape index (κ3) is 3.22. The molecule has 5 nitrogen and oxygen atoms in total. The van der Waals surface area contributed by atoms with Gasteiger partial charge >= 0.3 is 6.03 Å². The lowest BCUT2D eigenvalue weighted by molar-refractivity contribution is -0.139. The van der Waals surface area contributed by atoms with E-state index in [2.05, 4.69) is 23.5 Å². The van der Waals surface area contributed by atoms with E-state index >= 15 is 0 Å². The number of hydrogen-bond acceptors (Lipinski definition) is 3. The summed E-state index contributed by atoms with van der Waals surface area (Å²) in [4.78, 5) is 28.7. The fourth-order valence-corrected chi connectivity index (χ4v) is 7.25. The quantitative estimate of drug-likeness (QED) is 0.666. The molecular weight excluding hydrogens is 400 g/mol. The third-order valence-electron chi connectivity index (χ3n) is 8.94. The van der Waals surface area contributed by atoms with Crippen molar-refractivity contribution in [1.82, 2.24) is 10.2 Å². The van der Waals surface area contributed by atoms with Crippen LogP contribution in [0.1, 0.15) is 88.3 Å². The van der Waals surface area contributed by atoms with Crippen molar-refractivity contribution >= 4 is 11.9 Å². The minimum absolute atomic E-state index is 0.0399. The van der Waals surface area contributed by atoms with Gasteiger partial charge in [-0.2, -0.15) is 0 Å². The lowest BCUT2D eigenvalue weighted by atomic mass is 9.61. The predicted octanol–water partition coefficient (Wildman–Crippen LogP) is 5.10. The van der Waals surface area contributed by atoms with Crippen LogP contribution in [0.2, 0.25) is 0 Å². The lowest BCUT2D eigenvalue weighted by Gasteiger charge is -2.46. The Kier molecular flexibility index (Phi) is 5.59. The number of carbonyl (C=O) groups is 2. The topological polar surface area (TPSA) is 58.6 Å². The molecule has 0 aromatic heterocycles. The van der Waals surface area contributed by atoms with Gasteiger partial charge in [-0.1, -0.05) is 50.3 Å². The van der Waals surface area contributed by atoms with Crippen LogP contribution in [-0.4, -0.2) is 36.1 Å². The molecule has 1 aromatic carbocycles. The van der Waals surface area contributed by atoms with Gasteiger partial charge in [0.25, 0.3) is 5.91 Å².